The van der Waals surface area contributed by atoms with Crippen LogP contribution in [0, 0.1) is 4.77 Å². The van der Waals surface area contributed by atoms with Crippen LogP contribution in [0.3, 0.4) is 0 Å². The van der Waals surface area contributed by atoms with Gasteiger partial charge in [-0.2, -0.15) is 5.10 Å². The second kappa shape index (κ2) is 6.83. The molecule has 0 unspecified atom stereocenters. The lowest BCUT2D eigenvalue weighted by Gasteiger charge is -2.16. The SMILES string of the molecule is COc1ccc([C@@H]2CC(c3c(O)n(C)c(=S)n(C)c3=O)=NN2)c(OC)c1. The smallest absolute Gasteiger partial charge is 0.267 e. The first-order chi connectivity index (χ1) is 12.4. The van der Waals surface area contributed by atoms with Crippen LogP contribution in [0.4, 0.5) is 0 Å². The van der Waals surface area contributed by atoms with Crippen LogP contribution < -0.4 is 20.5 Å². The highest BCUT2D eigenvalue weighted by molar-refractivity contribution is 7.71. The fraction of sp³-hybridized carbons (Fsp3) is 0.353. The third kappa shape index (κ3) is 2.84. The number of hydrogen-bond donors (Lipinski definition) is 2. The monoisotopic (exact) mass is 376 g/mol. The van der Waals surface area contributed by atoms with E-state index in [0.717, 1.165) is 5.56 Å². The maximum atomic E-state index is 12.6. The average molecular weight is 376 g/mol. The first-order valence-electron chi connectivity index (χ1n) is 7.92. The number of nitrogens with one attached hydrogen (secondary N) is 1. The molecule has 1 atom stereocenters. The van der Waals surface area contributed by atoms with Gasteiger partial charge in [-0.15, -0.1) is 0 Å². The number of benzene rings is 1. The zero-order valence-corrected chi connectivity index (χ0v) is 15.8. The Morgan fingerprint density at radius 1 is 1.27 bits per heavy atom. The number of hydrogen-bond acceptors (Lipinski definition) is 7. The van der Waals surface area contributed by atoms with Crippen molar-refractivity contribution in [3.8, 4) is 17.4 Å². The minimum absolute atomic E-state index is 0.145. The first kappa shape index (κ1) is 18.0. The van der Waals surface area contributed by atoms with Gasteiger partial charge < -0.3 is 20.0 Å². The van der Waals surface area contributed by atoms with Gasteiger partial charge in [-0.1, -0.05) is 0 Å². The predicted molar refractivity (Wildman–Crippen MR) is 99.7 cm³/mol. The maximum absolute atomic E-state index is 12.6. The Labute approximate surface area is 155 Å². The molecule has 0 saturated carbocycles. The van der Waals surface area contributed by atoms with E-state index in [2.05, 4.69) is 10.5 Å². The molecule has 26 heavy (non-hydrogen) atoms. The molecule has 2 N–H and O–H groups in total. The summed E-state index contributed by atoms with van der Waals surface area (Å²) in [5.41, 5.74) is 4.13. The van der Waals surface area contributed by atoms with Crippen molar-refractivity contribution in [3.05, 3.63) is 44.5 Å². The minimum Gasteiger partial charge on any atom is -0.497 e. The fourth-order valence-corrected chi connectivity index (χ4v) is 3.14. The zero-order valence-electron chi connectivity index (χ0n) is 14.9. The summed E-state index contributed by atoms with van der Waals surface area (Å²) in [6, 6.07) is 5.32. The predicted octanol–water partition coefficient (Wildman–Crippen LogP) is 1.61. The van der Waals surface area contributed by atoms with Crippen molar-refractivity contribution in [2.75, 3.05) is 14.2 Å². The molecular formula is C17H20N4O4S. The number of ether oxygens (including phenoxy) is 2. The van der Waals surface area contributed by atoms with E-state index in [1.165, 1.54) is 9.13 Å². The van der Waals surface area contributed by atoms with E-state index < -0.39 is 0 Å². The molecule has 0 saturated heterocycles. The van der Waals surface area contributed by atoms with Crippen molar-refractivity contribution in [2.45, 2.75) is 12.5 Å². The number of nitrogens with zero attached hydrogens (tertiary/aromatic N) is 3. The molecule has 138 valence electrons. The van der Waals surface area contributed by atoms with Gasteiger partial charge in [-0.05, 0) is 24.4 Å². The van der Waals surface area contributed by atoms with Gasteiger partial charge in [0.2, 0.25) is 5.88 Å². The molecule has 1 aromatic heterocycles. The molecule has 0 spiro atoms. The largest absolute Gasteiger partial charge is 0.497 e. The lowest BCUT2D eigenvalue weighted by Crippen LogP contribution is -2.28. The molecular weight excluding hydrogens is 356 g/mol. The summed E-state index contributed by atoms with van der Waals surface area (Å²) in [6.07, 6.45) is 0.419. The summed E-state index contributed by atoms with van der Waals surface area (Å²) in [7, 11) is 6.35. The van der Waals surface area contributed by atoms with Gasteiger partial charge in [-0.25, -0.2) is 0 Å². The van der Waals surface area contributed by atoms with Crippen LogP contribution in [-0.2, 0) is 14.1 Å². The van der Waals surface area contributed by atoms with Gasteiger partial charge in [0.25, 0.3) is 5.56 Å². The maximum Gasteiger partial charge on any atom is 0.267 e. The first-order valence-corrected chi connectivity index (χ1v) is 8.33. The van der Waals surface area contributed by atoms with Crippen LogP contribution >= 0.6 is 12.2 Å². The molecule has 3 rings (SSSR count). The van der Waals surface area contributed by atoms with Crippen molar-refractivity contribution < 1.29 is 14.6 Å². The number of aromatic nitrogens is 2. The Hall–Kier alpha value is -2.81. The topological polar surface area (TPSA) is 90.0 Å². The second-order valence-electron chi connectivity index (χ2n) is 5.96. The van der Waals surface area contributed by atoms with Crippen LogP contribution in [0.2, 0.25) is 0 Å². The number of methoxy groups -OCH3 is 2. The van der Waals surface area contributed by atoms with Gasteiger partial charge in [0.05, 0.1) is 26.0 Å². The Morgan fingerprint density at radius 3 is 2.65 bits per heavy atom. The third-order valence-corrected chi connectivity index (χ3v) is 5.04. The molecule has 1 aromatic carbocycles. The highest BCUT2D eigenvalue weighted by atomic mass is 32.1. The fourth-order valence-electron chi connectivity index (χ4n) is 2.97. The summed E-state index contributed by atoms with van der Waals surface area (Å²) in [5.74, 6) is 1.15. The third-order valence-electron chi connectivity index (χ3n) is 4.49. The molecule has 1 aliphatic heterocycles. The van der Waals surface area contributed by atoms with Crippen LogP contribution in [0.1, 0.15) is 23.6 Å². The van der Waals surface area contributed by atoms with Crippen molar-refractivity contribution in [3.63, 3.8) is 0 Å². The van der Waals surface area contributed by atoms with Crippen molar-refractivity contribution in [1.29, 1.82) is 0 Å². The minimum atomic E-state index is -0.381. The summed E-state index contributed by atoms with van der Waals surface area (Å²) in [6.45, 7) is 0. The lowest BCUT2D eigenvalue weighted by atomic mass is 9.99. The van der Waals surface area contributed by atoms with Gasteiger partial charge >= 0.3 is 0 Å². The Morgan fingerprint density at radius 2 is 2.00 bits per heavy atom. The van der Waals surface area contributed by atoms with Gasteiger partial charge in [0.1, 0.15) is 17.1 Å². The molecule has 1 aliphatic rings. The zero-order chi connectivity index (χ0) is 19.0. The molecule has 8 nitrogen and oxygen atoms in total. The van der Waals surface area contributed by atoms with E-state index in [1.54, 1.807) is 34.4 Å². The van der Waals surface area contributed by atoms with Gasteiger partial charge in [-0.3, -0.25) is 13.9 Å². The molecule has 2 heterocycles. The van der Waals surface area contributed by atoms with Crippen LogP contribution in [-0.4, -0.2) is 34.2 Å². The van der Waals surface area contributed by atoms with E-state index >= 15 is 0 Å². The molecule has 0 radical (unpaired) electrons. The van der Waals surface area contributed by atoms with E-state index in [-0.39, 0.29) is 27.8 Å². The van der Waals surface area contributed by atoms with Crippen LogP contribution in [0.5, 0.6) is 17.4 Å². The van der Waals surface area contributed by atoms with E-state index in [9.17, 15) is 9.90 Å². The highest BCUT2D eigenvalue weighted by Gasteiger charge is 2.28. The van der Waals surface area contributed by atoms with Gasteiger partial charge in [0, 0.05) is 32.1 Å². The molecule has 0 aliphatic carbocycles. The Balaban J connectivity index is 1.98. The Bertz CT molecular complexity index is 1010. The Kier molecular flexibility index (Phi) is 4.73. The quantitative estimate of drug-likeness (QED) is 0.788. The molecule has 2 aromatic rings. The summed E-state index contributed by atoms with van der Waals surface area (Å²) >= 11 is 5.14. The summed E-state index contributed by atoms with van der Waals surface area (Å²) in [5, 5.41) is 14.7. The average Bonchev–Trinajstić information content (AvgIpc) is 3.13. The highest BCUT2D eigenvalue weighted by Crippen LogP contribution is 2.34. The molecule has 9 heteroatoms. The van der Waals surface area contributed by atoms with E-state index in [4.69, 9.17) is 21.7 Å². The van der Waals surface area contributed by atoms with Crippen molar-refractivity contribution in [2.24, 2.45) is 19.2 Å². The van der Waals surface area contributed by atoms with E-state index in [0.29, 0.717) is 23.6 Å². The summed E-state index contributed by atoms with van der Waals surface area (Å²) < 4.78 is 13.6. The number of rotatable bonds is 4. The van der Waals surface area contributed by atoms with E-state index in [1.807, 2.05) is 12.1 Å². The molecule has 0 amide bonds. The lowest BCUT2D eigenvalue weighted by molar-refractivity contribution is 0.386. The van der Waals surface area contributed by atoms with Gasteiger partial charge in [0.15, 0.2) is 4.77 Å². The van der Waals surface area contributed by atoms with Crippen molar-refractivity contribution >= 4 is 17.9 Å². The van der Waals surface area contributed by atoms with Crippen LogP contribution in [0.25, 0.3) is 0 Å². The van der Waals surface area contributed by atoms with Crippen LogP contribution in [0.15, 0.2) is 28.1 Å². The second-order valence-corrected chi connectivity index (χ2v) is 6.32. The number of hydrazone groups is 1. The summed E-state index contributed by atoms with van der Waals surface area (Å²) in [4.78, 5) is 12.6. The standard InChI is InChI=1S/C17H20N4O4S/c1-20-15(22)14(16(23)21(2)17(20)26)12-8-11(18-19-12)10-6-5-9(24-3)7-13(10)25-4/h5-7,11,18,22H,8H2,1-4H3/t11-/m0/s1. The molecule has 0 bridgehead atoms. The number of aromatic hydroxyl groups is 1. The normalized spacial score (nSPS) is 16.2. The van der Waals surface area contributed by atoms with Crippen molar-refractivity contribution in [1.82, 2.24) is 14.6 Å². The molecule has 0 fully saturated rings.